The minimum Gasteiger partial charge on any atom is -0.493 e. The van der Waals surface area contributed by atoms with Gasteiger partial charge in [-0.3, -0.25) is 4.79 Å². The van der Waals surface area contributed by atoms with Gasteiger partial charge in [-0.05, 0) is 41.0 Å². The predicted molar refractivity (Wildman–Crippen MR) is 91.0 cm³/mol. The van der Waals surface area contributed by atoms with E-state index in [1.807, 2.05) is 61.5 Å². The molecular weight excluding hydrogens is 288 g/mol. The van der Waals surface area contributed by atoms with Gasteiger partial charge in [-0.15, -0.1) is 0 Å². The van der Waals surface area contributed by atoms with Crippen LogP contribution in [0.4, 0.5) is 0 Å². The van der Waals surface area contributed by atoms with Gasteiger partial charge in [-0.1, -0.05) is 48.5 Å². The van der Waals surface area contributed by atoms with Crippen LogP contribution in [-0.2, 0) is 11.2 Å². The number of ether oxygens (including phenoxy) is 2. The molecule has 0 fully saturated rings. The first-order valence-electron chi connectivity index (χ1n) is 7.49. The fourth-order valence-electron chi connectivity index (χ4n) is 2.62. The molecule has 0 aromatic heterocycles. The number of hydrogen-bond donors (Lipinski definition) is 0. The van der Waals surface area contributed by atoms with Crippen molar-refractivity contribution in [1.29, 1.82) is 0 Å². The van der Waals surface area contributed by atoms with Crippen molar-refractivity contribution < 1.29 is 14.3 Å². The molecular formula is C20H18O3. The van der Waals surface area contributed by atoms with E-state index in [-0.39, 0.29) is 12.4 Å². The van der Waals surface area contributed by atoms with Gasteiger partial charge in [0.1, 0.15) is 0 Å². The summed E-state index contributed by atoms with van der Waals surface area (Å²) in [5.41, 5.74) is 2.01. The van der Waals surface area contributed by atoms with E-state index < -0.39 is 0 Å². The van der Waals surface area contributed by atoms with Crippen LogP contribution in [0.5, 0.6) is 11.5 Å². The molecule has 0 saturated heterocycles. The summed E-state index contributed by atoms with van der Waals surface area (Å²) in [6.45, 7) is 1.96. The highest BCUT2D eigenvalue weighted by Crippen LogP contribution is 2.28. The average molecular weight is 306 g/mol. The number of methoxy groups -OCH3 is 1. The van der Waals surface area contributed by atoms with Crippen LogP contribution >= 0.6 is 0 Å². The summed E-state index contributed by atoms with van der Waals surface area (Å²) >= 11 is 0. The van der Waals surface area contributed by atoms with Crippen molar-refractivity contribution in [3.63, 3.8) is 0 Å². The summed E-state index contributed by atoms with van der Waals surface area (Å²) in [5, 5.41) is 2.19. The van der Waals surface area contributed by atoms with E-state index in [2.05, 4.69) is 0 Å². The molecule has 0 aliphatic rings. The Morgan fingerprint density at radius 3 is 2.57 bits per heavy atom. The lowest BCUT2D eigenvalue weighted by atomic mass is 10.0. The third-order valence-corrected chi connectivity index (χ3v) is 3.76. The molecule has 116 valence electrons. The van der Waals surface area contributed by atoms with Crippen LogP contribution in [0, 0.1) is 6.92 Å². The highest BCUT2D eigenvalue weighted by molar-refractivity contribution is 5.89. The molecule has 0 atom stereocenters. The molecule has 0 heterocycles. The summed E-state index contributed by atoms with van der Waals surface area (Å²) in [6, 6.07) is 19.5. The summed E-state index contributed by atoms with van der Waals surface area (Å²) in [6.07, 6.45) is 0.221. The second kappa shape index (κ2) is 6.53. The Morgan fingerprint density at radius 2 is 1.74 bits per heavy atom. The normalized spacial score (nSPS) is 10.5. The highest BCUT2D eigenvalue weighted by Gasteiger charge is 2.12. The molecule has 0 bridgehead atoms. The van der Waals surface area contributed by atoms with Crippen molar-refractivity contribution in [1.82, 2.24) is 0 Å². The third kappa shape index (κ3) is 3.34. The fourth-order valence-corrected chi connectivity index (χ4v) is 2.62. The second-order valence-corrected chi connectivity index (χ2v) is 5.44. The van der Waals surface area contributed by atoms with E-state index in [0.29, 0.717) is 11.5 Å². The lowest BCUT2D eigenvalue weighted by Crippen LogP contribution is -2.12. The van der Waals surface area contributed by atoms with E-state index >= 15 is 0 Å². The Labute approximate surface area is 135 Å². The van der Waals surface area contributed by atoms with E-state index in [1.165, 1.54) is 0 Å². The van der Waals surface area contributed by atoms with Crippen molar-refractivity contribution in [2.75, 3.05) is 7.11 Å². The molecule has 3 heteroatoms. The van der Waals surface area contributed by atoms with Crippen LogP contribution < -0.4 is 9.47 Å². The van der Waals surface area contributed by atoms with E-state index in [0.717, 1.165) is 21.9 Å². The molecule has 0 unspecified atom stereocenters. The Morgan fingerprint density at radius 1 is 0.957 bits per heavy atom. The number of hydrogen-bond acceptors (Lipinski definition) is 3. The van der Waals surface area contributed by atoms with E-state index in [9.17, 15) is 4.79 Å². The van der Waals surface area contributed by atoms with Crippen LogP contribution in [-0.4, -0.2) is 13.1 Å². The molecule has 0 aliphatic heterocycles. The van der Waals surface area contributed by atoms with Crippen molar-refractivity contribution in [2.24, 2.45) is 0 Å². The van der Waals surface area contributed by atoms with Gasteiger partial charge in [0.15, 0.2) is 11.5 Å². The lowest BCUT2D eigenvalue weighted by Gasteiger charge is -2.11. The SMILES string of the molecule is COc1cc(C)ccc1OC(=O)Cc1cccc2ccccc12. The largest absolute Gasteiger partial charge is 0.493 e. The smallest absolute Gasteiger partial charge is 0.315 e. The number of rotatable bonds is 4. The molecule has 3 aromatic rings. The second-order valence-electron chi connectivity index (χ2n) is 5.44. The number of carbonyl (C=O) groups excluding carboxylic acids is 1. The van der Waals surface area contributed by atoms with Gasteiger partial charge in [0.2, 0.25) is 0 Å². The fraction of sp³-hybridized carbons (Fsp3) is 0.150. The maximum Gasteiger partial charge on any atom is 0.315 e. The summed E-state index contributed by atoms with van der Waals surface area (Å²) < 4.78 is 10.8. The van der Waals surface area contributed by atoms with Crippen LogP contribution in [0.3, 0.4) is 0 Å². The summed E-state index contributed by atoms with van der Waals surface area (Å²) in [4.78, 5) is 12.3. The predicted octanol–water partition coefficient (Wildman–Crippen LogP) is 4.30. The van der Waals surface area contributed by atoms with Crippen LogP contribution in [0.15, 0.2) is 60.7 Å². The highest BCUT2D eigenvalue weighted by atomic mass is 16.6. The Bertz CT molecular complexity index is 847. The maximum absolute atomic E-state index is 12.3. The van der Waals surface area contributed by atoms with Crippen LogP contribution in [0.1, 0.15) is 11.1 Å². The van der Waals surface area contributed by atoms with Gasteiger partial charge in [0.05, 0.1) is 13.5 Å². The molecule has 3 nitrogen and oxygen atoms in total. The van der Waals surface area contributed by atoms with Crippen molar-refractivity contribution >= 4 is 16.7 Å². The molecule has 0 amide bonds. The molecule has 0 N–H and O–H groups in total. The van der Waals surface area contributed by atoms with Gasteiger partial charge >= 0.3 is 5.97 Å². The Kier molecular flexibility index (Phi) is 4.29. The topological polar surface area (TPSA) is 35.5 Å². The van der Waals surface area contributed by atoms with Crippen molar-refractivity contribution in [2.45, 2.75) is 13.3 Å². The zero-order chi connectivity index (χ0) is 16.2. The first-order chi connectivity index (χ1) is 11.2. The number of aryl methyl sites for hydroxylation is 1. The van der Waals surface area contributed by atoms with Gasteiger partial charge in [-0.2, -0.15) is 0 Å². The summed E-state index contributed by atoms with van der Waals surface area (Å²) in [7, 11) is 1.57. The average Bonchev–Trinajstić information content (AvgIpc) is 2.57. The number of esters is 1. The van der Waals surface area contributed by atoms with Gasteiger partial charge < -0.3 is 9.47 Å². The Balaban J connectivity index is 1.82. The maximum atomic E-state index is 12.3. The lowest BCUT2D eigenvalue weighted by molar-refractivity contribution is -0.133. The molecule has 0 aliphatic carbocycles. The first-order valence-corrected chi connectivity index (χ1v) is 7.49. The van der Waals surface area contributed by atoms with Gasteiger partial charge in [0, 0.05) is 0 Å². The van der Waals surface area contributed by atoms with E-state index in [4.69, 9.17) is 9.47 Å². The monoisotopic (exact) mass is 306 g/mol. The Hall–Kier alpha value is -2.81. The van der Waals surface area contributed by atoms with Gasteiger partial charge in [0.25, 0.3) is 0 Å². The third-order valence-electron chi connectivity index (χ3n) is 3.76. The molecule has 0 spiro atoms. The molecule has 0 radical (unpaired) electrons. The van der Waals surface area contributed by atoms with Crippen molar-refractivity contribution in [3.8, 4) is 11.5 Å². The van der Waals surface area contributed by atoms with E-state index in [1.54, 1.807) is 13.2 Å². The zero-order valence-electron chi connectivity index (χ0n) is 13.2. The quantitative estimate of drug-likeness (QED) is 0.532. The molecule has 3 rings (SSSR count). The van der Waals surface area contributed by atoms with Crippen molar-refractivity contribution in [3.05, 3.63) is 71.8 Å². The van der Waals surface area contributed by atoms with Crippen LogP contribution in [0.25, 0.3) is 10.8 Å². The number of benzene rings is 3. The number of fused-ring (bicyclic) bond motifs is 1. The minimum atomic E-state index is -0.302. The molecule has 23 heavy (non-hydrogen) atoms. The number of carbonyl (C=O) groups is 1. The van der Waals surface area contributed by atoms with Crippen LogP contribution in [0.2, 0.25) is 0 Å². The molecule has 0 saturated carbocycles. The molecule has 3 aromatic carbocycles. The first kappa shape index (κ1) is 15.1. The summed E-state index contributed by atoms with van der Waals surface area (Å²) in [5.74, 6) is 0.711. The minimum absolute atomic E-state index is 0.221. The standard InChI is InChI=1S/C20H18O3/c1-14-10-11-18(19(12-14)22-2)23-20(21)13-16-8-5-7-15-6-3-4-9-17(15)16/h3-12H,13H2,1-2H3. The van der Waals surface area contributed by atoms with Gasteiger partial charge in [-0.25, -0.2) is 0 Å². The zero-order valence-corrected chi connectivity index (χ0v) is 13.2.